The Morgan fingerprint density at radius 3 is 1.20 bits per heavy atom. The molecule has 17 rings (SSSR count). The van der Waals surface area contributed by atoms with E-state index in [0.717, 1.165) is 90.6 Å². The molecule has 0 amide bonds. The second-order valence-corrected chi connectivity index (χ2v) is 24.2. The van der Waals surface area contributed by atoms with E-state index < -0.39 is 27.4 Å². The first-order chi connectivity index (χ1) is 55.9. The van der Waals surface area contributed by atoms with Gasteiger partial charge in [0, 0.05) is 136 Å². The van der Waals surface area contributed by atoms with Gasteiger partial charge in [0.1, 0.15) is 0 Å². The third-order valence-corrected chi connectivity index (χ3v) is 17.0. The molecule has 533 valence electrons. The van der Waals surface area contributed by atoms with Gasteiger partial charge in [0.25, 0.3) is 0 Å². The maximum atomic E-state index is 7.82. The number of fused-ring (bicyclic) bond motifs is 3. The van der Waals surface area contributed by atoms with Crippen LogP contribution in [0.5, 0.6) is 0 Å². The molecule has 0 saturated heterocycles. The summed E-state index contributed by atoms with van der Waals surface area (Å²) >= 11 is 0. The number of nitrogens with zero attached hydrogens (tertiary/aromatic N) is 6. The summed E-state index contributed by atoms with van der Waals surface area (Å²) in [5, 5.41) is 0. The van der Waals surface area contributed by atoms with Crippen LogP contribution in [0.3, 0.4) is 0 Å². The first-order valence-electron chi connectivity index (χ1n) is 40.0. The monoisotopic (exact) mass is 1930 g/mol. The second kappa shape index (κ2) is 41.1. The molecule has 9 heteroatoms. The van der Waals surface area contributed by atoms with Gasteiger partial charge in [-0.3, -0.25) is 0 Å². The molecule has 1 aliphatic rings. The van der Waals surface area contributed by atoms with E-state index in [0.29, 0.717) is 22.4 Å². The van der Waals surface area contributed by atoms with Crippen LogP contribution in [0.1, 0.15) is 62.2 Å². The fourth-order valence-electron chi connectivity index (χ4n) is 11.6. The predicted octanol–water partition coefficient (Wildman–Crippen LogP) is 23.5. The standard InChI is InChI=1S/C20H18N.2C18H14N.C17H12N.C13H12N.C12H10N.3Ir/c1-2-15-12-20-18-11-7-6-10-17(18)13-21(20)14-19(15)16-8-4-3-5-9-16;2*1-14-12-18(16-10-6-3-7-11-16)19-13-17(14)15-8-4-2-5-9-15;1-3-7-14(8-4-1)16-11-12-18-17(13-16)15-9-5-2-6-10-15;1-10-8-13(14-9-11(10)2)12-6-4-3-5-7-12;1-10-7-8-12(13-9-10)11-5-3-2-4-6-11;;;/h3-12,14H,2,13H2,1H3;2*2-10,12-13H,1H3;1-9,11-13H;3-6,8-9H,1-2H3;2-5,7-9H,1H3;;;/q+1;5*-1;;;/i2*1D3;;;2D3;1D3;;;. The normalized spacial score (nSPS) is 12.4. The number of benzene rings is 10. The average Bonchev–Trinajstić information content (AvgIpc) is 1.56. The zero-order valence-corrected chi connectivity index (χ0v) is 65.8. The summed E-state index contributed by atoms with van der Waals surface area (Å²) in [5.41, 5.74) is 24.2. The largest absolute Gasteiger partial charge is 0.305 e. The van der Waals surface area contributed by atoms with Crippen molar-refractivity contribution < 1.29 is 81.3 Å². The van der Waals surface area contributed by atoms with Crippen molar-refractivity contribution in [3.05, 3.63) is 422 Å². The minimum Gasteiger partial charge on any atom is -0.305 e. The zero-order chi connectivity index (χ0) is 81.7. The molecule has 7 heterocycles. The zero-order valence-electron chi connectivity index (χ0n) is 70.6. The van der Waals surface area contributed by atoms with Gasteiger partial charge in [-0.15, -0.1) is 179 Å². The van der Waals surface area contributed by atoms with E-state index in [4.69, 9.17) is 16.4 Å². The Kier molecular flexibility index (Phi) is 24.7. The second-order valence-electron chi connectivity index (χ2n) is 24.2. The Labute approximate surface area is 689 Å². The Morgan fingerprint density at radius 1 is 0.327 bits per heavy atom. The number of hydrogen-bond acceptors (Lipinski definition) is 5. The van der Waals surface area contributed by atoms with Crippen LogP contribution >= 0.6 is 0 Å². The van der Waals surface area contributed by atoms with Crippen LogP contribution in [0.25, 0.3) is 112 Å². The summed E-state index contributed by atoms with van der Waals surface area (Å²) in [7, 11) is 0. The quantitative estimate of drug-likeness (QED) is 0.101. The van der Waals surface area contributed by atoms with E-state index in [9.17, 15) is 0 Å². The van der Waals surface area contributed by atoms with Crippen LogP contribution in [0.4, 0.5) is 0 Å². The van der Waals surface area contributed by atoms with E-state index in [2.05, 4.69) is 128 Å². The van der Waals surface area contributed by atoms with Crippen molar-refractivity contribution in [3.63, 3.8) is 0 Å². The van der Waals surface area contributed by atoms with Crippen molar-refractivity contribution in [2.24, 2.45) is 0 Å². The molecule has 0 atom stereocenters. The van der Waals surface area contributed by atoms with Crippen molar-refractivity contribution in [3.8, 4) is 112 Å². The van der Waals surface area contributed by atoms with Crippen molar-refractivity contribution in [1.82, 2.24) is 24.9 Å². The molecule has 10 aromatic carbocycles. The van der Waals surface area contributed by atoms with Gasteiger partial charge >= 0.3 is 0 Å². The maximum absolute atomic E-state index is 7.82. The molecule has 0 spiro atoms. The summed E-state index contributed by atoms with van der Waals surface area (Å²) in [4.78, 5) is 21.7. The van der Waals surface area contributed by atoms with Crippen LogP contribution in [-0.4, -0.2) is 24.9 Å². The van der Waals surface area contributed by atoms with Crippen LogP contribution in [0.2, 0.25) is 0 Å². The Bertz CT molecular complexity index is 5770. The fraction of sp³-hybridized carbons (Fsp3) is 0.0816. The van der Waals surface area contributed by atoms with Gasteiger partial charge in [-0.1, -0.05) is 188 Å². The fourth-order valence-corrected chi connectivity index (χ4v) is 11.6. The molecule has 0 unspecified atom stereocenters. The molecule has 107 heavy (non-hydrogen) atoms. The van der Waals surface area contributed by atoms with E-state index in [1.807, 2.05) is 237 Å². The first-order valence-corrected chi connectivity index (χ1v) is 34.0. The topological polar surface area (TPSA) is 68.3 Å². The van der Waals surface area contributed by atoms with Gasteiger partial charge in [-0.25, -0.2) is 0 Å². The minimum absolute atomic E-state index is 0. The molecule has 0 aliphatic carbocycles. The Morgan fingerprint density at radius 2 is 0.748 bits per heavy atom. The van der Waals surface area contributed by atoms with Gasteiger partial charge in [-0.05, 0) is 137 Å². The summed E-state index contributed by atoms with van der Waals surface area (Å²) in [6.07, 6.45) is 10.4. The molecule has 16 aromatic rings. The summed E-state index contributed by atoms with van der Waals surface area (Å²) in [6.45, 7) is -3.63. The summed E-state index contributed by atoms with van der Waals surface area (Å²) in [5.74, 6) is 0. The van der Waals surface area contributed by atoms with Crippen LogP contribution in [0.15, 0.2) is 353 Å². The predicted molar refractivity (Wildman–Crippen MR) is 429 cm³/mol. The van der Waals surface area contributed by atoms with E-state index >= 15 is 0 Å². The van der Waals surface area contributed by atoms with E-state index in [1.54, 1.807) is 49.5 Å². The third-order valence-electron chi connectivity index (χ3n) is 17.0. The number of pyridine rings is 6. The molecular weight excluding hydrogens is 1840 g/mol. The molecule has 0 fully saturated rings. The number of aromatic nitrogens is 6. The van der Waals surface area contributed by atoms with E-state index in [1.165, 1.54) is 51.3 Å². The molecule has 6 aromatic heterocycles. The van der Waals surface area contributed by atoms with Gasteiger partial charge in [0.15, 0.2) is 12.7 Å². The van der Waals surface area contributed by atoms with Crippen molar-refractivity contribution >= 4 is 0 Å². The van der Waals surface area contributed by atoms with Gasteiger partial charge in [0.2, 0.25) is 5.69 Å². The molecule has 1 aliphatic heterocycles. The average molecular weight is 1930 g/mol. The first kappa shape index (κ1) is 64.4. The summed E-state index contributed by atoms with van der Waals surface area (Å²) in [6, 6.07) is 117. The van der Waals surface area contributed by atoms with Gasteiger partial charge in [-0.2, -0.15) is 4.57 Å². The van der Waals surface area contributed by atoms with Crippen molar-refractivity contribution in [2.45, 2.75) is 54.2 Å². The van der Waals surface area contributed by atoms with Crippen molar-refractivity contribution in [2.75, 3.05) is 0 Å². The number of aryl methyl sites for hydroxylation is 6. The molecule has 0 saturated carbocycles. The van der Waals surface area contributed by atoms with Crippen LogP contribution in [-0.2, 0) is 73.3 Å². The SMILES string of the molecule is Cc1cc(-c2[c-]cccc2)ncc1-c1ccccc1.[2H]C([2H])([2H])Cc1cc2[n+](cc1-c1ccccc1)Cc1ccccc1-2.[2H]C([2H])([2H])c1cc(-c2[c-]cccc2)ncc1-c1ccccc1.[2H]C([2H])([2H])c1ccc(-c2[c-]cccc2)nc1.[2H]C([2H])([2H])c1cnc(-c2[c-]cccc2)cc1C.[Ir].[Ir].[Ir].[c-]1ccccc1-c1cc(-c2ccccc2)ccn1. The molecule has 0 N–H and O–H groups in total. The maximum Gasteiger partial charge on any atom is 0.213 e. The minimum atomic E-state index is -2.20. The Hall–Kier alpha value is -11.0. The molecule has 3 radical (unpaired) electrons. The third kappa shape index (κ3) is 22.1. The van der Waals surface area contributed by atoms with Gasteiger partial charge in [0.05, 0.1) is 5.56 Å². The van der Waals surface area contributed by atoms with Crippen LogP contribution in [0, 0.1) is 64.7 Å². The number of rotatable bonds is 10. The smallest absolute Gasteiger partial charge is 0.213 e. The van der Waals surface area contributed by atoms with Gasteiger partial charge < -0.3 is 24.9 Å². The molecular formula is C98H80Ir3N6-4. The number of hydrogen-bond donors (Lipinski definition) is 0. The van der Waals surface area contributed by atoms with E-state index in [-0.39, 0.29) is 72.3 Å². The molecule has 0 bridgehead atoms. The molecule has 6 nitrogen and oxygen atoms in total. The Balaban J connectivity index is 0.000000163. The van der Waals surface area contributed by atoms with Crippen molar-refractivity contribution in [1.29, 1.82) is 0 Å². The van der Waals surface area contributed by atoms with Crippen LogP contribution < -0.4 is 4.57 Å². The summed E-state index contributed by atoms with van der Waals surface area (Å²) < 4.78 is 92.6.